The number of pyridine rings is 1. The second kappa shape index (κ2) is 10.8. The van der Waals surface area contributed by atoms with Gasteiger partial charge in [-0.3, -0.25) is 18.9 Å². The lowest BCUT2D eigenvalue weighted by molar-refractivity contribution is -0.132. The van der Waals surface area contributed by atoms with Crippen LogP contribution < -0.4 is 9.64 Å². The molecule has 5 aromatic rings. The molecule has 0 saturated carbocycles. The number of aliphatic hydroxyl groups is 1. The molecule has 0 spiro atoms. The van der Waals surface area contributed by atoms with E-state index in [9.17, 15) is 14.7 Å². The summed E-state index contributed by atoms with van der Waals surface area (Å²) in [6.07, 6.45) is 1.75. The zero-order valence-corrected chi connectivity index (χ0v) is 24.1. The molecule has 2 aromatic carbocycles. The smallest absolute Gasteiger partial charge is 0.301 e. The SMILES string of the molecule is COc1cccc(C2C(=C(O)c3c(C)nc4ccccn34)C(=O)C(=O)N2c2nnc(SCc3ccc(C)cc3)s2)c1. The Morgan fingerprint density at radius 3 is 2.63 bits per heavy atom. The molecule has 1 fully saturated rings. The van der Waals surface area contributed by atoms with Crippen LogP contribution in [0.15, 0.2) is 82.8 Å². The van der Waals surface area contributed by atoms with Crippen LogP contribution in [0, 0.1) is 13.8 Å². The molecule has 0 radical (unpaired) electrons. The van der Waals surface area contributed by atoms with Crippen LogP contribution in [0.4, 0.5) is 5.13 Å². The van der Waals surface area contributed by atoms with E-state index < -0.39 is 17.7 Å². The molecule has 1 aliphatic rings. The van der Waals surface area contributed by atoms with Crippen LogP contribution in [0.25, 0.3) is 11.4 Å². The molecule has 0 aliphatic carbocycles. The molecule has 11 heteroatoms. The minimum atomic E-state index is -0.957. The highest BCUT2D eigenvalue weighted by Crippen LogP contribution is 2.45. The Morgan fingerprint density at radius 2 is 1.85 bits per heavy atom. The number of hydrogen-bond acceptors (Lipinski definition) is 9. The predicted octanol–water partition coefficient (Wildman–Crippen LogP) is 5.73. The first kappa shape index (κ1) is 26.7. The number of amides is 1. The number of thioether (sulfide) groups is 1. The molecule has 1 saturated heterocycles. The molecule has 41 heavy (non-hydrogen) atoms. The van der Waals surface area contributed by atoms with Gasteiger partial charge in [0.05, 0.1) is 24.4 Å². The van der Waals surface area contributed by atoms with E-state index in [4.69, 9.17) is 4.74 Å². The maximum atomic E-state index is 13.6. The van der Waals surface area contributed by atoms with Crippen molar-refractivity contribution in [2.75, 3.05) is 12.0 Å². The molecule has 3 aromatic heterocycles. The lowest BCUT2D eigenvalue weighted by atomic mass is 9.96. The third kappa shape index (κ3) is 4.87. The summed E-state index contributed by atoms with van der Waals surface area (Å²) in [4.78, 5) is 33.1. The van der Waals surface area contributed by atoms with Gasteiger partial charge in [0.2, 0.25) is 5.13 Å². The number of fused-ring (bicyclic) bond motifs is 1. The molecule has 4 heterocycles. The van der Waals surface area contributed by atoms with Gasteiger partial charge in [-0.15, -0.1) is 10.2 Å². The Kier molecular flexibility index (Phi) is 7.06. The van der Waals surface area contributed by atoms with Gasteiger partial charge in [-0.1, -0.05) is 71.1 Å². The van der Waals surface area contributed by atoms with Gasteiger partial charge < -0.3 is 9.84 Å². The third-order valence-corrected chi connectivity index (χ3v) is 8.99. The Hall–Kier alpha value is -4.48. The Balaban J connectivity index is 1.44. The number of carbonyl (C=O) groups is 2. The molecular weight excluding hydrogens is 558 g/mol. The van der Waals surface area contributed by atoms with Crippen molar-refractivity contribution in [3.05, 3.63) is 107 Å². The van der Waals surface area contributed by atoms with Crippen LogP contribution in [0.5, 0.6) is 5.75 Å². The zero-order chi connectivity index (χ0) is 28.7. The number of rotatable bonds is 7. The van der Waals surface area contributed by atoms with Crippen molar-refractivity contribution < 1.29 is 19.4 Å². The number of aliphatic hydroxyl groups excluding tert-OH is 1. The van der Waals surface area contributed by atoms with Crippen molar-refractivity contribution in [1.29, 1.82) is 0 Å². The molecule has 206 valence electrons. The maximum Gasteiger partial charge on any atom is 0.301 e. The van der Waals surface area contributed by atoms with E-state index in [0.717, 1.165) is 5.56 Å². The number of imidazole rings is 1. The van der Waals surface area contributed by atoms with Crippen LogP contribution >= 0.6 is 23.1 Å². The van der Waals surface area contributed by atoms with Crippen LogP contribution in [-0.4, -0.2) is 43.5 Å². The van der Waals surface area contributed by atoms with Crippen molar-refractivity contribution in [2.45, 2.75) is 30.0 Å². The number of aryl methyl sites for hydroxylation is 2. The number of nitrogens with zero attached hydrogens (tertiary/aromatic N) is 5. The first-order valence-electron chi connectivity index (χ1n) is 12.8. The summed E-state index contributed by atoms with van der Waals surface area (Å²) in [5, 5.41) is 20.5. The second-order valence-electron chi connectivity index (χ2n) is 9.55. The highest BCUT2D eigenvalue weighted by atomic mass is 32.2. The van der Waals surface area contributed by atoms with E-state index in [2.05, 4.69) is 39.4 Å². The Morgan fingerprint density at radius 1 is 1.05 bits per heavy atom. The molecule has 9 nitrogen and oxygen atoms in total. The fourth-order valence-corrected chi connectivity index (χ4v) is 6.69. The molecule has 1 amide bonds. The van der Waals surface area contributed by atoms with Crippen molar-refractivity contribution in [2.24, 2.45) is 0 Å². The van der Waals surface area contributed by atoms with E-state index in [0.29, 0.717) is 38.4 Å². The number of anilines is 1. The Bertz CT molecular complexity index is 1830. The van der Waals surface area contributed by atoms with Crippen molar-refractivity contribution in [3.8, 4) is 5.75 Å². The summed E-state index contributed by atoms with van der Waals surface area (Å²) >= 11 is 2.73. The van der Waals surface area contributed by atoms with Crippen molar-refractivity contribution >= 4 is 51.3 Å². The number of ether oxygens (including phenoxy) is 1. The molecule has 1 atom stereocenters. The van der Waals surface area contributed by atoms with Crippen LogP contribution in [0.3, 0.4) is 0 Å². The highest BCUT2D eigenvalue weighted by Gasteiger charge is 2.49. The predicted molar refractivity (Wildman–Crippen MR) is 158 cm³/mol. The fraction of sp³-hybridized carbons (Fsp3) is 0.167. The van der Waals surface area contributed by atoms with Gasteiger partial charge in [0, 0.05) is 11.9 Å². The average Bonchev–Trinajstić information content (AvgIpc) is 3.66. The molecule has 0 bridgehead atoms. The van der Waals surface area contributed by atoms with Gasteiger partial charge in [-0.05, 0) is 49.2 Å². The largest absolute Gasteiger partial charge is 0.505 e. The molecule has 1 aliphatic heterocycles. The number of Topliss-reactive ketones (excluding diaryl/α,β-unsaturated/α-hetero) is 1. The molecule has 6 rings (SSSR count). The second-order valence-corrected chi connectivity index (χ2v) is 11.7. The van der Waals surface area contributed by atoms with Crippen molar-refractivity contribution in [3.63, 3.8) is 0 Å². The van der Waals surface area contributed by atoms with Gasteiger partial charge in [0.15, 0.2) is 10.1 Å². The molecular formula is C30H25N5O4S2. The van der Waals surface area contributed by atoms with Gasteiger partial charge >= 0.3 is 5.91 Å². The van der Waals surface area contributed by atoms with Crippen LogP contribution in [0.2, 0.25) is 0 Å². The quantitative estimate of drug-likeness (QED) is 0.0851. The lowest BCUT2D eigenvalue weighted by Crippen LogP contribution is -2.29. The molecule has 1 unspecified atom stereocenters. The summed E-state index contributed by atoms with van der Waals surface area (Å²) in [6, 6.07) is 19.8. The van der Waals surface area contributed by atoms with E-state index in [1.807, 2.05) is 13.0 Å². The summed E-state index contributed by atoms with van der Waals surface area (Å²) < 4.78 is 7.79. The fourth-order valence-electron chi connectivity index (χ4n) is 4.87. The summed E-state index contributed by atoms with van der Waals surface area (Å²) in [5.74, 6) is -0.693. The number of ketones is 1. The van der Waals surface area contributed by atoms with Crippen molar-refractivity contribution in [1.82, 2.24) is 19.6 Å². The molecule has 1 N–H and O–H groups in total. The van der Waals surface area contributed by atoms with Gasteiger partial charge in [-0.2, -0.15) is 0 Å². The number of carbonyl (C=O) groups excluding carboxylic acids is 2. The first-order valence-corrected chi connectivity index (χ1v) is 14.6. The number of methoxy groups -OCH3 is 1. The summed E-state index contributed by atoms with van der Waals surface area (Å²) in [6.45, 7) is 3.79. The number of hydrogen-bond donors (Lipinski definition) is 1. The van der Waals surface area contributed by atoms with E-state index in [1.54, 1.807) is 61.0 Å². The normalized spacial score (nSPS) is 16.6. The average molecular weight is 584 g/mol. The van der Waals surface area contributed by atoms with E-state index in [-0.39, 0.29) is 16.5 Å². The van der Waals surface area contributed by atoms with Gasteiger partial charge in [0.1, 0.15) is 17.1 Å². The zero-order valence-electron chi connectivity index (χ0n) is 22.4. The number of benzene rings is 2. The minimum absolute atomic E-state index is 0.0546. The Labute approximate surface area is 244 Å². The minimum Gasteiger partial charge on any atom is -0.505 e. The summed E-state index contributed by atoms with van der Waals surface area (Å²) in [5.41, 5.74) is 4.33. The lowest BCUT2D eigenvalue weighted by Gasteiger charge is -2.22. The maximum absolute atomic E-state index is 13.6. The van der Waals surface area contributed by atoms with Crippen LogP contribution in [-0.2, 0) is 15.3 Å². The highest BCUT2D eigenvalue weighted by molar-refractivity contribution is 8.00. The first-order chi connectivity index (χ1) is 19.9. The topological polar surface area (TPSA) is 110 Å². The van der Waals surface area contributed by atoms with Gasteiger partial charge in [-0.25, -0.2) is 4.98 Å². The monoisotopic (exact) mass is 583 g/mol. The van der Waals surface area contributed by atoms with E-state index >= 15 is 0 Å². The number of aromatic nitrogens is 4. The summed E-state index contributed by atoms with van der Waals surface area (Å²) in [7, 11) is 1.54. The van der Waals surface area contributed by atoms with E-state index in [1.165, 1.54) is 33.6 Å². The van der Waals surface area contributed by atoms with Gasteiger partial charge in [0.25, 0.3) is 5.78 Å². The van der Waals surface area contributed by atoms with Crippen LogP contribution in [0.1, 0.15) is 34.1 Å². The standard InChI is InChI=1S/C30H25N5O4S2/c1-17-10-12-19(13-11-17)16-40-30-33-32-29(41-30)35-25(20-7-6-8-21(15-20)39-3)23(27(37)28(35)38)26(36)24-18(2)31-22-9-4-5-14-34(22)24/h4-15,25,36H,16H2,1-3H3. The third-order valence-electron chi connectivity index (χ3n) is 6.87.